The van der Waals surface area contributed by atoms with Gasteiger partial charge in [-0.1, -0.05) is 49.0 Å². The fraction of sp³-hybridized carbons (Fsp3) is 0.350. The van der Waals surface area contributed by atoms with Crippen LogP contribution in [0.2, 0.25) is 0 Å². The van der Waals surface area contributed by atoms with Crippen molar-refractivity contribution in [2.75, 3.05) is 0 Å². The zero-order valence-corrected chi connectivity index (χ0v) is 16.2. The van der Waals surface area contributed by atoms with Crippen molar-refractivity contribution in [3.8, 4) is 0 Å². The summed E-state index contributed by atoms with van der Waals surface area (Å²) in [5.41, 5.74) is 2.90. The number of amides is 1. The number of carbonyl (C=O) groups excluding carboxylic acids is 1. The van der Waals surface area contributed by atoms with E-state index in [1.807, 2.05) is 36.1 Å². The predicted molar refractivity (Wildman–Crippen MR) is 106 cm³/mol. The summed E-state index contributed by atoms with van der Waals surface area (Å²) in [6.45, 7) is 6.79. The maximum atomic E-state index is 13.2. The highest BCUT2D eigenvalue weighted by atomic mass is 32.2. The largest absolute Gasteiger partial charge is 0.335 e. The number of rotatable bonds is 7. The van der Waals surface area contributed by atoms with Crippen LogP contribution in [0.1, 0.15) is 32.8 Å². The Balaban J connectivity index is 1.77. The average Bonchev–Trinajstić information content (AvgIpc) is 3.06. The lowest BCUT2D eigenvalue weighted by Crippen LogP contribution is -2.41. The van der Waals surface area contributed by atoms with Gasteiger partial charge >= 0.3 is 0 Å². The van der Waals surface area contributed by atoms with E-state index in [4.69, 9.17) is 0 Å². The lowest BCUT2D eigenvalue weighted by atomic mass is 10.1. The number of nitrogens with one attached hydrogen (secondary N) is 1. The summed E-state index contributed by atoms with van der Waals surface area (Å²) in [5, 5.41) is 0.589. The van der Waals surface area contributed by atoms with E-state index in [0.29, 0.717) is 6.54 Å². The molecule has 1 aromatic carbocycles. The fourth-order valence-electron chi connectivity index (χ4n) is 2.81. The summed E-state index contributed by atoms with van der Waals surface area (Å²) < 4.78 is 0. The van der Waals surface area contributed by atoms with Gasteiger partial charge in [-0.3, -0.25) is 9.78 Å². The van der Waals surface area contributed by atoms with Gasteiger partial charge in [0, 0.05) is 18.8 Å². The van der Waals surface area contributed by atoms with Crippen LogP contribution in [0.15, 0.2) is 53.9 Å². The molecule has 0 saturated carbocycles. The van der Waals surface area contributed by atoms with Gasteiger partial charge in [0.1, 0.15) is 0 Å². The number of hydrogen-bond donors (Lipinski definition) is 1. The third-order valence-electron chi connectivity index (χ3n) is 4.26. The Labute approximate surface area is 158 Å². The van der Waals surface area contributed by atoms with Crippen molar-refractivity contribution in [2.24, 2.45) is 0 Å². The van der Waals surface area contributed by atoms with Crippen LogP contribution in [-0.4, -0.2) is 37.1 Å². The Bertz CT molecular complexity index is 829. The molecule has 2 aromatic heterocycles. The number of benzene rings is 1. The van der Waals surface area contributed by atoms with Crippen molar-refractivity contribution in [3.63, 3.8) is 0 Å². The summed E-state index contributed by atoms with van der Waals surface area (Å²) in [5.74, 6) is 0.148. The van der Waals surface area contributed by atoms with Crippen LogP contribution in [0.5, 0.6) is 0 Å². The van der Waals surface area contributed by atoms with Crippen LogP contribution in [0.25, 0.3) is 11.0 Å². The third kappa shape index (κ3) is 4.25. The molecule has 5 nitrogen and oxygen atoms in total. The molecule has 0 bridgehead atoms. The second-order valence-electron chi connectivity index (χ2n) is 6.50. The Hall–Kier alpha value is -2.34. The molecule has 0 fully saturated rings. The van der Waals surface area contributed by atoms with Gasteiger partial charge < -0.3 is 9.88 Å². The Kier molecular flexibility index (Phi) is 5.93. The molecule has 1 unspecified atom stereocenters. The monoisotopic (exact) mass is 368 g/mol. The number of imidazole rings is 1. The van der Waals surface area contributed by atoms with Crippen LogP contribution in [0.3, 0.4) is 0 Å². The van der Waals surface area contributed by atoms with E-state index in [-0.39, 0.29) is 17.2 Å². The van der Waals surface area contributed by atoms with Crippen molar-refractivity contribution >= 4 is 28.7 Å². The van der Waals surface area contributed by atoms with E-state index in [0.717, 1.165) is 28.2 Å². The lowest BCUT2D eigenvalue weighted by Gasteiger charge is -2.30. The standard InChI is InChI=1S/C20H24N4OS/c1-4-18(26-20-22-16-10-11-21-12-17(16)23-20)19(25)24(14(2)3)13-15-8-6-5-7-9-15/h5-12,14,18H,4,13H2,1-3H3,(H,22,23). The first kappa shape index (κ1) is 18.5. The zero-order valence-electron chi connectivity index (χ0n) is 15.3. The van der Waals surface area contributed by atoms with Crippen molar-refractivity contribution in [1.82, 2.24) is 19.9 Å². The molecule has 1 amide bonds. The van der Waals surface area contributed by atoms with Crippen LogP contribution in [0, 0.1) is 0 Å². The molecular weight excluding hydrogens is 344 g/mol. The summed E-state index contributed by atoms with van der Waals surface area (Å²) in [7, 11) is 0. The van der Waals surface area contributed by atoms with E-state index >= 15 is 0 Å². The first-order valence-corrected chi connectivity index (χ1v) is 9.77. The van der Waals surface area contributed by atoms with Gasteiger partial charge in [-0.25, -0.2) is 4.98 Å². The number of nitrogens with zero attached hydrogens (tertiary/aromatic N) is 3. The second-order valence-corrected chi connectivity index (χ2v) is 7.69. The Morgan fingerprint density at radius 3 is 2.65 bits per heavy atom. The molecule has 136 valence electrons. The van der Waals surface area contributed by atoms with E-state index in [1.165, 1.54) is 11.8 Å². The fourth-order valence-corrected chi connectivity index (χ4v) is 3.80. The van der Waals surface area contributed by atoms with Gasteiger partial charge in [-0.15, -0.1) is 0 Å². The van der Waals surface area contributed by atoms with E-state index in [1.54, 1.807) is 12.4 Å². The predicted octanol–water partition coefficient (Wildman–Crippen LogP) is 4.27. The first-order chi connectivity index (χ1) is 12.6. The summed E-state index contributed by atoms with van der Waals surface area (Å²) in [6, 6.07) is 12.1. The highest BCUT2D eigenvalue weighted by Gasteiger charge is 2.27. The topological polar surface area (TPSA) is 61.9 Å². The van der Waals surface area contributed by atoms with Crippen molar-refractivity contribution < 1.29 is 4.79 Å². The van der Waals surface area contributed by atoms with Gasteiger partial charge in [-0.05, 0) is 31.9 Å². The van der Waals surface area contributed by atoms with Crippen LogP contribution in [0.4, 0.5) is 0 Å². The molecule has 1 N–H and O–H groups in total. The number of aromatic amines is 1. The molecular formula is C20H24N4OS. The quantitative estimate of drug-likeness (QED) is 0.633. The molecule has 26 heavy (non-hydrogen) atoms. The van der Waals surface area contributed by atoms with Crippen molar-refractivity contribution in [3.05, 3.63) is 54.4 Å². The van der Waals surface area contributed by atoms with E-state index < -0.39 is 0 Å². The molecule has 0 saturated heterocycles. The normalized spacial score (nSPS) is 12.5. The highest BCUT2D eigenvalue weighted by Crippen LogP contribution is 2.27. The van der Waals surface area contributed by atoms with Gasteiger partial charge in [0.15, 0.2) is 5.16 Å². The van der Waals surface area contributed by atoms with E-state index in [2.05, 4.69) is 40.9 Å². The third-order valence-corrected chi connectivity index (χ3v) is 5.50. The summed E-state index contributed by atoms with van der Waals surface area (Å²) in [4.78, 5) is 27.1. The SMILES string of the molecule is CCC(Sc1nc2ccncc2[nH]1)C(=O)N(Cc1ccccc1)C(C)C. The van der Waals surface area contributed by atoms with Crippen molar-refractivity contribution in [2.45, 2.75) is 50.2 Å². The highest BCUT2D eigenvalue weighted by molar-refractivity contribution is 8.00. The molecule has 0 aliphatic heterocycles. The second kappa shape index (κ2) is 8.36. The van der Waals surface area contributed by atoms with Crippen LogP contribution < -0.4 is 0 Å². The average molecular weight is 369 g/mol. The lowest BCUT2D eigenvalue weighted by molar-refractivity contribution is -0.133. The molecule has 0 aliphatic rings. The number of aromatic nitrogens is 3. The number of fused-ring (bicyclic) bond motifs is 1. The molecule has 3 rings (SSSR count). The number of carbonyl (C=O) groups is 1. The minimum Gasteiger partial charge on any atom is -0.335 e. The van der Waals surface area contributed by atoms with Crippen LogP contribution >= 0.6 is 11.8 Å². The van der Waals surface area contributed by atoms with Crippen molar-refractivity contribution in [1.29, 1.82) is 0 Å². The number of pyridine rings is 1. The molecule has 3 aromatic rings. The van der Waals surface area contributed by atoms with Gasteiger partial charge in [0.25, 0.3) is 0 Å². The summed E-state index contributed by atoms with van der Waals surface area (Å²) >= 11 is 1.49. The molecule has 0 aliphatic carbocycles. The molecule has 1 atom stereocenters. The Morgan fingerprint density at radius 1 is 1.23 bits per heavy atom. The number of thioether (sulfide) groups is 1. The Morgan fingerprint density at radius 2 is 2.00 bits per heavy atom. The van der Waals surface area contributed by atoms with Gasteiger partial charge in [-0.2, -0.15) is 0 Å². The smallest absolute Gasteiger partial charge is 0.236 e. The minimum atomic E-state index is -0.172. The minimum absolute atomic E-state index is 0.136. The maximum Gasteiger partial charge on any atom is 0.236 e. The first-order valence-electron chi connectivity index (χ1n) is 8.89. The number of hydrogen-bond acceptors (Lipinski definition) is 4. The number of H-pyrrole nitrogens is 1. The molecule has 0 radical (unpaired) electrons. The zero-order chi connectivity index (χ0) is 18.5. The van der Waals surface area contributed by atoms with E-state index in [9.17, 15) is 4.79 Å². The molecule has 2 heterocycles. The van der Waals surface area contributed by atoms with Crippen LogP contribution in [-0.2, 0) is 11.3 Å². The molecule has 0 spiro atoms. The van der Waals surface area contributed by atoms with Gasteiger partial charge in [0.05, 0.1) is 22.5 Å². The molecule has 6 heteroatoms. The van der Waals surface area contributed by atoms with Gasteiger partial charge in [0.2, 0.25) is 5.91 Å². The maximum absolute atomic E-state index is 13.2. The summed E-state index contributed by atoms with van der Waals surface area (Å²) in [6.07, 6.45) is 4.22.